The molecule has 1 heterocycles. The van der Waals surface area contributed by atoms with Gasteiger partial charge in [0, 0.05) is 12.0 Å². The lowest BCUT2D eigenvalue weighted by Crippen LogP contribution is -2.34. The maximum Gasteiger partial charge on any atom is 0.0646 e. The van der Waals surface area contributed by atoms with Gasteiger partial charge in [-0.2, -0.15) is 0 Å². The first kappa shape index (κ1) is 14.6. The van der Waals surface area contributed by atoms with E-state index in [9.17, 15) is 0 Å². The predicted molar refractivity (Wildman–Crippen MR) is 90.3 cm³/mol. The van der Waals surface area contributed by atoms with E-state index in [4.69, 9.17) is 0 Å². The molecule has 0 atom stereocenters. The van der Waals surface area contributed by atoms with Crippen molar-refractivity contribution >= 4 is 5.71 Å². The molecule has 0 aromatic heterocycles. The van der Waals surface area contributed by atoms with E-state index in [1.165, 1.54) is 35.1 Å². The molecule has 0 fully saturated rings. The highest BCUT2D eigenvalue weighted by molar-refractivity contribution is 6.10. The first-order valence-corrected chi connectivity index (χ1v) is 7.92. The second-order valence-corrected chi connectivity index (χ2v) is 7.72. The van der Waals surface area contributed by atoms with Crippen LogP contribution in [0.4, 0.5) is 0 Å². The van der Waals surface area contributed by atoms with E-state index >= 15 is 0 Å². The van der Waals surface area contributed by atoms with Crippen LogP contribution in [0, 0.1) is 13.3 Å². The number of nitrogens with zero attached hydrogens (tertiary/aromatic N) is 1. The monoisotopic (exact) mass is 279 g/mol. The number of dihydropyridines is 1. The lowest BCUT2D eigenvalue weighted by Gasteiger charge is -2.42. The second-order valence-electron chi connectivity index (χ2n) is 7.72. The third kappa shape index (κ3) is 2.47. The van der Waals surface area contributed by atoms with Crippen LogP contribution < -0.4 is 0 Å². The van der Waals surface area contributed by atoms with Gasteiger partial charge in [0.1, 0.15) is 0 Å². The van der Waals surface area contributed by atoms with Gasteiger partial charge in [0.15, 0.2) is 0 Å². The Morgan fingerprint density at radius 1 is 1.00 bits per heavy atom. The predicted octanol–water partition coefficient (Wildman–Crippen LogP) is 4.78. The molecule has 0 unspecified atom stereocenters. The smallest absolute Gasteiger partial charge is 0.0646 e. The fourth-order valence-electron chi connectivity index (χ4n) is 3.55. The van der Waals surface area contributed by atoms with Crippen molar-refractivity contribution in [3.63, 3.8) is 0 Å². The van der Waals surface area contributed by atoms with E-state index in [0.717, 1.165) is 5.71 Å². The van der Waals surface area contributed by atoms with Crippen LogP contribution in [0.3, 0.4) is 0 Å². The highest BCUT2D eigenvalue weighted by Crippen LogP contribution is 2.46. The van der Waals surface area contributed by atoms with Crippen LogP contribution in [0.5, 0.6) is 0 Å². The SMILES string of the molecule is Cc1cc2c(cc1C1=NC[C]C=C1)C(C)(C)CCC2(C)C. The molecule has 110 valence electrons. The molecule has 1 aliphatic carbocycles. The number of rotatable bonds is 1. The Morgan fingerprint density at radius 3 is 2.19 bits per heavy atom. The molecule has 1 aliphatic heterocycles. The van der Waals surface area contributed by atoms with Gasteiger partial charge in [0.2, 0.25) is 0 Å². The summed E-state index contributed by atoms with van der Waals surface area (Å²) in [5, 5.41) is 0. The molecule has 2 radical (unpaired) electrons. The Morgan fingerprint density at radius 2 is 1.62 bits per heavy atom. The van der Waals surface area contributed by atoms with E-state index in [1.54, 1.807) is 0 Å². The van der Waals surface area contributed by atoms with Crippen molar-refractivity contribution in [3.05, 3.63) is 53.0 Å². The average Bonchev–Trinajstić information content (AvgIpc) is 2.45. The molecule has 0 saturated carbocycles. The van der Waals surface area contributed by atoms with E-state index in [2.05, 4.69) is 64.2 Å². The zero-order chi connectivity index (χ0) is 15.3. The molecule has 0 N–H and O–H groups in total. The quantitative estimate of drug-likeness (QED) is 0.701. The zero-order valence-corrected chi connectivity index (χ0v) is 13.9. The van der Waals surface area contributed by atoms with E-state index in [1.807, 2.05) is 6.08 Å². The molecule has 21 heavy (non-hydrogen) atoms. The molecule has 0 amide bonds. The van der Waals surface area contributed by atoms with Crippen molar-refractivity contribution in [1.82, 2.24) is 0 Å². The largest absolute Gasteiger partial charge is 0.284 e. The van der Waals surface area contributed by atoms with Crippen molar-refractivity contribution in [1.29, 1.82) is 0 Å². The highest BCUT2D eigenvalue weighted by Gasteiger charge is 2.37. The molecular formula is C20H25N. The normalized spacial score (nSPS) is 22.6. The van der Waals surface area contributed by atoms with Gasteiger partial charge in [-0.05, 0) is 59.4 Å². The first-order valence-electron chi connectivity index (χ1n) is 7.92. The van der Waals surface area contributed by atoms with Crippen LogP contribution in [0.25, 0.3) is 0 Å². The van der Waals surface area contributed by atoms with Crippen LogP contribution in [0.1, 0.15) is 62.8 Å². The Labute approximate surface area is 129 Å². The Kier molecular flexibility index (Phi) is 3.35. The van der Waals surface area contributed by atoms with Gasteiger partial charge >= 0.3 is 0 Å². The molecule has 0 bridgehead atoms. The van der Waals surface area contributed by atoms with Crippen LogP contribution in [0.15, 0.2) is 29.3 Å². The van der Waals surface area contributed by atoms with E-state index in [0.29, 0.717) is 6.54 Å². The Hall–Kier alpha value is -1.37. The zero-order valence-electron chi connectivity index (χ0n) is 13.9. The Bertz CT molecular complexity index is 629. The van der Waals surface area contributed by atoms with Crippen LogP contribution in [-0.4, -0.2) is 12.3 Å². The standard InChI is InChI=1S/C20H25N/c1-14-12-16-17(20(4,5)10-9-19(16,2)3)13-15(14)18-8-6-7-11-21-18/h6,8,12-13H,9-11H2,1-5H3. The van der Waals surface area contributed by atoms with Gasteiger partial charge in [0.05, 0.1) is 12.3 Å². The van der Waals surface area contributed by atoms with Gasteiger partial charge in [0.25, 0.3) is 0 Å². The number of fused-ring (bicyclic) bond motifs is 1. The van der Waals surface area contributed by atoms with Crippen molar-refractivity contribution in [2.24, 2.45) is 4.99 Å². The van der Waals surface area contributed by atoms with Crippen LogP contribution in [0.2, 0.25) is 0 Å². The van der Waals surface area contributed by atoms with Crippen LogP contribution in [-0.2, 0) is 10.8 Å². The summed E-state index contributed by atoms with van der Waals surface area (Å²) in [4.78, 5) is 4.61. The maximum absolute atomic E-state index is 4.61. The lowest BCUT2D eigenvalue weighted by atomic mass is 9.62. The summed E-state index contributed by atoms with van der Waals surface area (Å²) in [5.74, 6) is 0. The number of hydrogen-bond acceptors (Lipinski definition) is 1. The summed E-state index contributed by atoms with van der Waals surface area (Å²) in [6.45, 7) is 12.4. The summed E-state index contributed by atoms with van der Waals surface area (Å²) in [6.07, 6.45) is 9.72. The topological polar surface area (TPSA) is 12.4 Å². The third-order valence-electron chi connectivity index (χ3n) is 5.17. The number of aliphatic imine (C=N–C) groups is 1. The summed E-state index contributed by atoms with van der Waals surface area (Å²) in [6, 6.07) is 4.81. The summed E-state index contributed by atoms with van der Waals surface area (Å²) >= 11 is 0. The molecule has 0 spiro atoms. The number of benzene rings is 1. The third-order valence-corrected chi connectivity index (χ3v) is 5.17. The molecule has 0 saturated heterocycles. The van der Waals surface area contributed by atoms with Gasteiger partial charge in [-0.1, -0.05) is 39.8 Å². The minimum Gasteiger partial charge on any atom is -0.284 e. The molecular weight excluding hydrogens is 254 g/mol. The van der Waals surface area contributed by atoms with Crippen molar-refractivity contribution in [2.45, 2.75) is 58.3 Å². The summed E-state index contributed by atoms with van der Waals surface area (Å²) < 4.78 is 0. The van der Waals surface area contributed by atoms with E-state index in [-0.39, 0.29) is 10.8 Å². The first-order chi connectivity index (χ1) is 9.81. The average molecular weight is 279 g/mol. The van der Waals surface area contributed by atoms with Crippen molar-refractivity contribution in [2.75, 3.05) is 6.54 Å². The minimum absolute atomic E-state index is 0.254. The van der Waals surface area contributed by atoms with Crippen LogP contribution >= 0.6 is 0 Å². The van der Waals surface area contributed by atoms with Gasteiger partial charge in [-0.25, -0.2) is 0 Å². The maximum atomic E-state index is 4.61. The molecule has 3 rings (SSSR count). The van der Waals surface area contributed by atoms with Crippen molar-refractivity contribution in [3.8, 4) is 0 Å². The number of hydrogen-bond donors (Lipinski definition) is 0. The van der Waals surface area contributed by atoms with Gasteiger partial charge < -0.3 is 0 Å². The summed E-state index contributed by atoms with van der Waals surface area (Å²) in [5.41, 5.74) is 7.30. The number of aryl methyl sites for hydroxylation is 1. The van der Waals surface area contributed by atoms with Crippen molar-refractivity contribution < 1.29 is 0 Å². The fourth-order valence-corrected chi connectivity index (χ4v) is 3.55. The molecule has 1 aromatic carbocycles. The molecule has 1 nitrogen and oxygen atoms in total. The summed E-state index contributed by atoms with van der Waals surface area (Å²) in [7, 11) is 0. The second kappa shape index (κ2) is 4.83. The molecule has 1 heteroatoms. The number of allylic oxidation sites excluding steroid dienone is 1. The molecule has 2 aliphatic rings. The minimum atomic E-state index is 0.254. The van der Waals surface area contributed by atoms with Gasteiger partial charge in [-0.15, -0.1) is 0 Å². The van der Waals surface area contributed by atoms with Gasteiger partial charge in [-0.3, -0.25) is 4.99 Å². The lowest BCUT2D eigenvalue weighted by molar-refractivity contribution is 0.331. The Balaban J connectivity index is 2.19. The van der Waals surface area contributed by atoms with E-state index < -0.39 is 0 Å². The highest BCUT2D eigenvalue weighted by atomic mass is 14.7. The fraction of sp³-hybridized carbons (Fsp3) is 0.500. The molecule has 1 aromatic rings.